The zero-order valence-corrected chi connectivity index (χ0v) is 21.9. The molecule has 2 aliphatic rings. The SMILES string of the molecule is COc1ccc(C2CCN(C(=O)Nc3ccc4cc(CN5C(C)CCCC5C)ccc4c3)CC2)cc1. The summed E-state index contributed by atoms with van der Waals surface area (Å²) in [6.07, 6.45) is 5.88. The van der Waals surface area contributed by atoms with Crippen LogP contribution in [0.5, 0.6) is 5.75 Å². The molecule has 190 valence electrons. The first-order chi connectivity index (χ1) is 17.5. The summed E-state index contributed by atoms with van der Waals surface area (Å²) in [5, 5.41) is 5.51. The molecule has 2 unspecified atom stereocenters. The van der Waals surface area contributed by atoms with Crippen molar-refractivity contribution in [2.24, 2.45) is 0 Å². The highest BCUT2D eigenvalue weighted by Crippen LogP contribution is 2.30. The lowest BCUT2D eigenvalue weighted by atomic mass is 9.89. The average Bonchev–Trinajstić information content (AvgIpc) is 2.91. The fourth-order valence-corrected chi connectivity index (χ4v) is 5.96. The van der Waals surface area contributed by atoms with Gasteiger partial charge in [0, 0.05) is 37.4 Å². The maximum absolute atomic E-state index is 13.0. The van der Waals surface area contributed by atoms with Gasteiger partial charge in [0.15, 0.2) is 0 Å². The average molecular weight is 486 g/mol. The molecule has 2 saturated heterocycles. The van der Waals surface area contributed by atoms with Crippen LogP contribution in [0.25, 0.3) is 10.8 Å². The summed E-state index contributed by atoms with van der Waals surface area (Å²) < 4.78 is 5.27. The second-order valence-corrected chi connectivity index (χ2v) is 10.7. The van der Waals surface area contributed by atoms with Crippen molar-refractivity contribution in [2.75, 3.05) is 25.5 Å². The van der Waals surface area contributed by atoms with Gasteiger partial charge in [0.25, 0.3) is 0 Å². The number of anilines is 1. The van der Waals surface area contributed by atoms with Crippen LogP contribution in [0.3, 0.4) is 0 Å². The lowest BCUT2D eigenvalue weighted by Crippen LogP contribution is -2.42. The third kappa shape index (κ3) is 5.52. The molecule has 3 aromatic rings. The number of carbonyl (C=O) groups is 1. The molecule has 0 aliphatic carbocycles. The minimum atomic E-state index is -0.00720. The molecule has 2 aliphatic heterocycles. The fraction of sp³-hybridized carbons (Fsp3) is 0.452. The Labute approximate surface area is 215 Å². The third-order valence-electron chi connectivity index (χ3n) is 8.27. The van der Waals surface area contributed by atoms with E-state index in [2.05, 4.69) is 66.5 Å². The second-order valence-electron chi connectivity index (χ2n) is 10.7. The number of rotatable bonds is 5. The number of likely N-dealkylation sites (tertiary alicyclic amines) is 2. The zero-order valence-electron chi connectivity index (χ0n) is 21.9. The molecular weight excluding hydrogens is 446 g/mol. The largest absolute Gasteiger partial charge is 0.497 e. The van der Waals surface area contributed by atoms with Gasteiger partial charge < -0.3 is 15.0 Å². The summed E-state index contributed by atoms with van der Waals surface area (Å²) in [4.78, 5) is 17.5. The van der Waals surface area contributed by atoms with Crippen LogP contribution in [0.2, 0.25) is 0 Å². The number of nitrogens with zero attached hydrogens (tertiary/aromatic N) is 2. The van der Waals surface area contributed by atoms with Crippen LogP contribution in [-0.4, -0.2) is 48.1 Å². The van der Waals surface area contributed by atoms with Crippen LogP contribution in [0.4, 0.5) is 10.5 Å². The zero-order chi connectivity index (χ0) is 25.1. The Morgan fingerprint density at radius 1 is 0.889 bits per heavy atom. The highest BCUT2D eigenvalue weighted by molar-refractivity contribution is 5.93. The van der Waals surface area contributed by atoms with E-state index >= 15 is 0 Å². The van der Waals surface area contributed by atoms with Crippen molar-refractivity contribution in [3.63, 3.8) is 0 Å². The lowest BCUT2D eigenvalue weighted by Gasteiger charge is -2.39. The van der Waals surface area contributed by atoms with E-state index in [-0.39, 0.29) is 6.03 Å². The van der Waals surface area contributed by atoms with Crippen molar-refractivity contribution in [2.45, 2.75) is 70.5 Å². The van der Waals surface area contributed by atoms with Crippen LogP contribution in [0.1, 0.15) is 63.0 Å². The first-order valence-corrected chi connectivity index (χ1v) is 13.5. The molecule has 5 rings (SSSR count). The van der Waals surface area contributed by atoms with Crippen LogP contribution in [0.15, 0.2) is 60.7 Å². The maximum Gasteiger partial charge on any atom is 0.321 e. The van der Waals surface area contributed by atoms with Gasteiger partial charge in [-0.25, -0.2) is 4.79 Å². The highest BCUT2D eigenvalue weighted by Gasteiger charge is 2.25. The Morgan fingerprint density at radius 2 is 1.56 bits per heavy atom. The summed E-state index contributed by atoms with van der Waals surface area (Å²) in [6.45, 7) is 7.25. The monoisotopic (exact) mass is 485 g/mol. The van der Waals surface area contributed by atoms with Crippen LogP contribution in [0, 0.1) is 0 Å². The van der Waals surface area contributed by atoms with E-state index in [9.17, 15) is 4.79 Å². The van der Waals surface area contributed by atoms with Gasteiger partial charge >= 0.3 is 6.03 Å². The normalized spacial score (nSPS) is 21.5. The van der Waals surface area contributed by atoms with Crippen molar-refractivity contribution >= 4 is 22.5 Å². The number of benzene rings is 3. The summed E-state index contributed by atoms with van der Waals surface area (Å²) in [6, 6.07) is 22.6. The standard InChI is InChI=1S/C31H39N3O2/c1-22-5-4-6-23(2)34(22)21-24-7-8-28-20-29(12-9-27(28)19-24)32-31(35)33-17-15-26(16-18-33)25-10-13-30(36-3)14-11-25/h7-14,19-20,22-23,26H,4-6,15-18,21H2,1-3H3,(H,32,35). The Hall–Kier alpha value is -3.05. The van der Waals surface area contributed by atoms with E-state index in [1.165, 1.54) is 35.8 Å². The molecule has 0 spiro atoms. The number of ether oxygens (including phenoxy) is 1. The molecule has 1 N–H and O–H groups in total. The Balaban J connectivity index is 1.18. The second kappa shape index (κ2) is 10.9. The molecule has 36 heavy (non-hydrogen) atoms. The number of fused-ring (bicyclic) bond motifs is 1. The van der Waals surface area contributed by atoms with E-state index in [1.807, 2.05) is 23.1 Å². The van der Waals surface area contributed by atoms with Gasteiger partial charge in [0.1, 0.15) is 5.75 Å². The topological polar surface area (TPSA) is 44.8 Å². The minimum absolute atomic E-state index is 0.00720. The summed E-state index contributed by atoms with van der Waals surface area (Å²) in [5.41, 5.74) is 3.55. The fourth-order valence-electron chi connectivity index (χ4n) is 5.96. The Bertz CT molecular complexity index is 1170. The highest BCUT2D eigenvalue weighted by atomic mass is 16.5. The quantitative estimate of drug-likeness (QED) is 0.422. The molecule has 3 aromatic carbocycles. The number of carbonyl (C=O) groups excluding carboxylic acids is 1. The van der Waals surface area contributed by atoms with Crippen molar-refractivity contribution in [1.29, 1.82) is 0 Å². The molecule has 5 heteroatoms. The molecule has 2 fully saturated rings. The van der Waals surface area contributed by atoms with E-state index in [1.54, 1.807) is 7.11 Å². The van der Waals surface area contributed by atoms with Crippen molar-refractivity contribution in [1.82, 2.24) is 9.80 Å². The minimum Gasteiger partial charge on any atom is -0.497 e. The molecule has 0 saturated carbocycles. The van der Waals surface area contributed by atoms with Gasteiger partial charge in [-0.15, -0.1) is 0 Å². The van der Waals surface area contributed by atoms with Gasteiger partial charge in [0.05, 0.1) is 7.11 Å². The molecule has 0 bridgehead atoms. The first-order valence-electron chi connectivity index (χ1n) is 13.5. The Kier molecular flexibility index (Phi) is 7.47. The van der Waals surface area contributed by atoms with E-state index in [0.717, 1.165) is 49.3 Å². The summed E-state index contributed by atoms with van der Waals surface area (Å²) in [7, 11) is 1.69. The van der Waals surface area contributed by atoms with Crippen LogP contribution in [-0.2, 0) is 6.54 Å². The first kappa shape index (κ1) is 24.6. The number of urea groups is 1. The molecule has 2 atom stereocenters. The summed E-state index contributed by atoms with van der Waals surface area (Å²) in [5.74, 6) is 1.37. The number of nitrogens with one attached hydrogen (secondary N) is 1. The molecule has 0 radical (unpaired) electrons. The predicted octanol–water partition coefficient (Wildman–Crippen LogP) is 7.02. The smallest absolute Gasteiger partial charge is 0.321 e. The van der Waals surface area contributed by atoms with Gasteiger partial charge in [-0.1, -0.05) is 36.8 Å². The molecule has 0 aromatic heterocycles. The van der Waals surface area contributed by atoms with Crippen molar-refractivity contribution in [3.05, 3.63) is 71.8 Å². The number of amides is 2. The van der Waals surface area contributed by atoms with E-state index < -0.39 is 0 Å². The number of methoxy groups -OCH3 is 1. The number of hydrogen-bond donors (Lipinski definition) is 1. The van der Waals surface area contributed by atoms with E-state index in [0.29, 0.717) is 18.0 Å². The molecule has 2 amide bonds. The molecule has 5 nitrogen and oxygen atoms in total. The van der Waals surface area contributed by atoms with Gasteiger partial charge in [-0.2, -0.15) is 0 Å². The van der Waals surface area contributed by atoms with Crippen molar-refractivity contribution < 1.29 is 9.53 Å². The number of piperidine rings is 2. The summed E-state index contributed by atoms with van der Waals surface area (Å²) >= 11 is 0. The lowest BCUT2D eigenvalue weighted by molar-refractivity contribution is 0.0953. The van der Waals surface area contributed by atoms with Crippen molar-refractivity contribution in [3.8, 4) is 5.75 Å². The predicted molar refractivity (Wildman–Crippen MR) is 148 cm³/mol. The molecular formula is C31H39N3O2. The van der Waals surface area contributed by atoms with Gasteiger partial charge in [0.2, 0.25) is 0 Å². The van der Waals surface area contributed by atoms with Crippen LogP contribution < -0.4 is 10.1 Å². The van der Waals surface area contributed by atoms with Crippen LogP contribution >= 0.6 is 0 Å². The van der Waals surface area contributed by atoms with Gasteiger partial charge in [-0.3, -0.25) is 4.90 Å². The van der Waals surface area contributed by atoms with Gasteiger partial charge in [-0.05, 0) is 97.7 Å². The van der Waals surface area contributed by atoms with E-state index in [4.69, 9.17) is 4.74 Å². The number of hydrogen-bond acceptors (Lipinski definition) is 3. The third-order valence-corrected chi connectivity index (χ3v) is 8.27. The molecule has 2 heterocycles. The maximum atomic E-state index is 13.0. The Morgan fingerprint density at radius 3 is 2.25 bits per heavy atom.